The molecule has 0 saturated heterocycles. The number of carbonyl (C=O) groups excluding carboxylic acids is 1. The molecular weight excluding hydrogens is 268 g/mol. The first kappa shape index (κ1) is 17.3. The summed E-state index contributed by atoms with van der Waals surface area (Å²) >= 11 is 0. The van der Waals surface area contributed by atoms with E-state index >= 15 is 0 Å². The Kier molecular flexibility index (Phi) is 7.02. The van der Waals surface area contributed by atoms with Crippen molar-refractivity contribution in [1.82, 2.24) is 0 Å². The molecule has 1 aromatic rings. The maximum absolute atomic E-state index is 10.9. The molecule has 0 fully saturated rings. The first-order valence-corrected chi connectivity index (χ1v) is 7.41. The van der Waals surface area contributed by atoms with Gasteiger partial charge in [0.2, 0.25) is 5.91 Å². The summed E-state index contributed by atoms with van der Waals surface area (Å²) in [5.41, 5.74) is 12.4. The van der Waals surface area contributed by atoms with E-state index < -0.39 is 0 Å². The van der Waals surface area contributed by atoms with Crippen molar-refractivity contribution in [2.75, 3.05) is 13.2 Å². The Labute approximate surface area is 126 Å². The molecule has 21 heavy (non-hydrogen) atoms. The van der Waals surface area contributed by atoms with Crippen LogP contribution < -0.4 is 20.9 Å². The van der Waals surface area contributed by atoms with Crippen LogP contribution in [0.3, 0.4) is 0 Å². The van der Waals surface area contributed by atoms with E-state index in [1.54, 1.807) is 0 Å². The van der Waals surface area contributed by atoms with E-state index in [9.17, 15) is 4.79 Å². The molecule has 2 unspecified atom stereocenters. The highest BCUT2D eigenvalue weighted by Crippen LogP contribution is 2.32. The van der Waals surface area contributed by atoms with Crippen LogP contribution in [0.15, 0.2) is 18.2 Å². The third kappa shape index (κ3) is 5.63. The van der Waals surface area contributed by atoms with Gasteiger partial charge in [0.1, 0.15) is 0 Å². The zero-order valence-electron chi connectivity index (χ0n) is 13.1. The first-order valence-electron chi connectivity index (χ1n) is 7.41. The summed E-state index contributed by atoms with van der Waals surface area (Å²) < 4.78 is 11.1. The van der Waals surface area contributed by atoms with Crippen LogP contribution in [0.5, 0.6) is 11.5 Å². The summed E-state index contributed by atoms with van der Waals surface area (Å²) in [6.45, 7) is 6.98. The Hall–Kier alpha value is -1.75. The number of benzene rings is 1. The number of hydrogen-bond acceptors (Lipinski definition) is 4. The van der Waals surface area contributed by atoms with Gasteiger partial charge in [-0.1, -0.05) is 13.0 Å². The molecule has 1 amide bonds. The summed E-state index contributed by atoms with van der Waals surface area (Å²) in [6, 6.07) is 5.57. The zero-order valence-corrected chi connectivity index (χ0v) is 13.1. The maximum Gasteiger partial charge on any atom is 0.217 e. The van der Waals surface area contributed by atoms with E-state index in [2.05, 4.69) is 0 Å². The van der Waals surface area contributed by atoms with Gasteiger partial charge in [-0.15, -0.1) is 0 Å². The molecule has 0 saturated carbocycles. The molecule has 0 spiro atoms. The van der Waals surface area contributed by atoms with E-state index in [4.69, 9.17) is 20.9 Å². The summed E-state index contributed by atoms with van der Waals surface area (Å²) in [4.78, 5) is 10.9. The molecule has 1 rings (SSSR count). The van der Waals surface area contributed by atoms with Crippen LogP contribution in [0, 0.1) is 5.92 Å². The number of ether oxygens (including phenoxy) is 2. The average molecular weight is 294 g/mol. The maximum atomic E-state index is 10.9. The monoisotopic (exact) mass is 294 g/mol. The molecule has 2 atom stereocenters. The second kappa shape index (κ2) is 8.52. The highest BCUT2D eigenvalue weighted by Gasteiger charge is 2.15. The SMILES string of the molecule is CCOc1ccc(C(N)CC(C)CC(N)=O)cc1OCC. The molecule has 118 valence electrons. The molecule has 4 N–H and O–H groups in total. The fraction of sp³-hybridized carbons (Fsp3) is 0.562. The van der Waals surface area contributed by atoms with Gasteiger partial charge in [0, 0.05) is 12.5 Å². The van der Waals surface area contributed by atoms with Crippen LogP contribution in [-0.4, -0.2) is 19.1 Å². The van der Waals surface area contributed by atoms with Gasteiger partial charge in [0.05, 0.1) is 13.2 Å². The molecule has 0 aliphatic carbocycles. The smallest absolute Gasteiger partial charge is 0.217 e. The molecular formula is C16H26N2O3. The van der Waals surface area contributed by atoms with Gasteiger partial charge in [0.15, 0.2) is 11.5 Å². The van der Waals surface area contributed by atoms with Crippen LogP contribution in [0.4, 0.5) is 0 Å². The van der Waals surface area contributed by atoms with Crippen LogP contribution in [0.1, 0.15) is 45.2 Å². The Morgan fingerprint density at radius 1 is 1.19 bits per heavy atom. The lowest BCUT2D eigenvalue weighted by Gasteiger charge is -2.18. The van der Waals surface area contributed by atoms with Gasteiger partial charge >= 0.3 is 0 Å². The van der Waals surface area contributed by atoms with Crippen molar-refractivity contribution in [3.63, 3.8) is 0 Å². The number of nitrogens with two attached hydrogens (primary N) is 2. The third-order valence-corrected chi connectivity index (χ3v) is 3.20. The molecule has 5 nitrogen and oxygen atoms in total. The normalized spacial score (nSPS) is 13.5. The van der Waals surface area contributed by atoms with E-state index in [-0.39, 0.29) is 17.9 Å². The topological polar surface area (TPSA) is 87.6 Å². The van der Waals surface area contributed by atoms with Crippen LogP contribution in [-0.2, 0) is 4.79 Å². The summed E-state index contributed by atoms with van der Waals surface area (Å²) in [5, 5.41) is 0. The minimum Gasteiger partial charge on any atom is -0.490 e. The second-order valence-electron chi connectivity index (χ2n) is 5.19. The molecule has 0 heterocycles. The Morgan fingerprint density at radius 3 is 2.38 bits per heavy atom. The molecule has 0 aromatic heterocycles. The lowest BCUT2D eigenvalue weighted by atomic mass is 9.94. The lowest BCUT2D eigenvalue weighted by molar-refractivity contribution is -0.118. The highest BCUT2D eigenvalue weighted by molar-refractivity contribution is 5.73. The highest BCUT2D eigenvalue weighted by atomic mass is 16.5. The summed E-state index contributed by atoms with van der Waals surface area (Å²) in [6.07, 6.45) is 1.05. The van der Waals surface area contributed by atoms with Crippen molar-refractivity contribution in [3.05, 3.63) is 23.8 Å². The quantitative estimate of drug-likeness (QED) is 0.732. The number of carbonyl (C=O) groups is 1. The fourth-order valence-corrected chi connectivity index (χ4v) is 2.29. The number of primary amides is 1. The average Bonchev–Trinajstić information content (AvgIpc) is 2.40. The minimum absolute atomic E-state index is 0.152. The zero-order chi connectivity index (χ0) is 15.8. The number of amides is 1. The van der Waals surface area contributed by atoms with Crippen molar-refractivity contribution in [2.24, 2.45) is 17.4 Å². The summed E-state index contributed by atoms with van der Waals surface area (Å²) in [7, 11) is 0. The van der Waals surface area contributed by atoms with Crippen LogP contribution in [0.2, 0.25) is 0 Å². The van der Waals surface area contributed by atoms with E-state index in [0.717, 1.165) is 11.3 Å². The molecule has 0 bridgehead atoms. The largest absolute Gasteiger partial charge is 0.490 e. The van der Waals surface area contributed by atoms with Crippen molar-refractivity contribution >= 4 is 5.91 Å². The van der Waals surface area contributed by atoms with Crippen LogP contribution in [0.25, 0.3) is 0 Å². The minimum atomic E-state index is -0.295. The van der Waals surface area contributed by atoms with Crippen LogP contribution >= 0.6 is 0 Å². The molecule has 0 radical (unpaired) electrons. The van der Waals surface area contributed by atoms with Gasteiger partial charge in [-0.2, -0.15) is 0 Å². The molecule has 0 aliphatic rings. The molecule has 5 heteroatoms. The van der Waals surface area contributed by atoms with E-state index in [0.29, 0.717) is 31.8 Å². The van der Waals surface area contributed by atoms with Crippen molar-refractivity contribution in [2.45, 2.75) is 39.7 Å². The van der Waals surface area contributed by atoms with Crippen molar-refractivity contribution < 1.29 is 14.3 Å². The first-order chi connectivity index (χ1) is 9.97. The Balaban J connectivity index is 2.81. The van der Waals surface area contributed by atoms with Gasteiger partial charge < -0.3 is 20.9 Å². The second-order valence-corrected chi connectivity index (χ2v) is 5.19. The predicted molar refractivity (Wildman–Crippen MR) is 83.3 cm³/mol. The van der Waals surface area contributed by atoms with Gasteiger partial charge in [-0.3, -0.25) is 4.79 Å². The van der Waals surface area contributed by atoms with E-state index in [1.165, 1.54) is 0 Å². The number of hydrogen-bond donors (Lipinski definition) is 2. The Bertz CT molecular complexity index is 463. The van der Waals surface area contributed by atoms with Gasteiger partial charge in [0.25, 0.3) is 0 Å². The van der Waals surface area contributed by atoms with Crippen molar-refractivity contribution in [1.29, 1.82) is 0 Å². The van der Waals surface area contributed by atoms with E-state index in [1.807, 2.05) is 39.0 Å². The van der Waals surface area contributed by atoms with Gasteiger partial charge in [-0.25, -0.2) is 0 Å². The standard InChI is InChI=1S/C16H26N2O3/c1-4-20-14-7-6-12(10-15(14)21-5-2)13(17)8-11(3)9-16(18)19/h6-7,10-11,13H,4-5,8-9,17H2,1-3H3,(H2,18,19). The Morgan fingerprint density at radius 2 is 1.81 bits per heavy atom. The summed E-state index contributed by atoms with van der Waals surface area (Å²) in [5.74, 6) is 1.28. The predicted octanol–water partition coefficient (Wildman–Crippen LogP) is 2.39. The molecule has 0 aliphatic heterocycles. The fourth-order valence-electron chi connectivity index (χ4n) is 2.29. The number of rotatable bonds is 9. The van der Waals surface area contributed by atoms with Crippen molar-refractivity contribution in [3.8, 4) is 11.5 Å². The van der Waals surface area contributed by atoms with Gasteiger partial charge in [-0.05, 0) is 43.9 Å². The lowest BCUT2D eigenvalue weighted by Crippen LogP contribution is -2.19. The third-order valence-electron chi connectivity index (χ3n) is 3.20. The molecule has 1 aromatic carbocycles.